The summed E-state index contributed by atoms with van der Waals surface area (Å²) in [5.74, 6) is 1.15. The van der Waals surface area contributed by atoms with Crippen molar-refractivity contribution >= 4 is 5.69 Å². The molecular weight excluding hydrogens is 302 g/mol. The normalized spacial score (nSPS) is 14.8. The van der Waals surface area contributed by atoms with Gasteiger partial charge in [-0.2, -0.15) is 4.98 Å². The third-order valence-corrected chi connectivity index (χ3v) is 4.23. The Morgan fingerprint density at radius 3 is 2.25 bits per heavy atom. The fraction of sp³-hybridized carbons (Fsp3) is 0.263. The van der Waals surface area contributed by atoms with Crippen LogP contribution in [0.5, 0.6) is 0 Å². The van der Waals surface area contributed by atoms with Crippen LogP contribution in [-0.4, -0.2) is 36.4 Å². The second-order valence-electron chi connectivity index (χ2n) is 5.94. The van der Waals surface area contributed by atoms with Crippen molar-refractivity contribution in [2.45, 2.75) is 6.92 Å². The molecule has 122 valence electrons. The minimum atomic E-state index is 0.544. The first-order valence-corrected chi connectivity index (χ1v) is 8.13. The maximum Gasteiger partial charge on any atom is 0.258 e. The molecule has 5 nitrogen and oxygen atoms in total. The Balaban J connectivity index is 1.54. The van der Waals surface area contributed by atoms with Gasteiger partial charge in [0.2, 0.25) is 5.82 Å². The third kappa shape index (κ3) is 3.03. The van der Waals surface area contributed by atoms with Gasteiger partial charge in [-0.1, -0.05) is 22.9 Å². The average Bonchev–Trinajstić information content (AvgIpc) is 3.13. The summed E-state index contributed by atoms with van der Waals surface area (Å²) >= 11 is 0. The lowest BCUT2D eigenvalue weighted by molar-refractivity contribution is 0.122. The number of morpholine rings is 1. The molecule has 2 aromatic carbocycles. The zero-order valence-electron chi connectivity index (χ0n) is 13.6. The van der Waals surface area contributed by atoms with E-state index < -0.39 is 0 Å². The van der Waals surface area contributed by atoms with Gasteiger partial charge < -0.3 is 14.2 Å². The van der Waals surface area contributed by atoms with Crippen molar-refractivity contribution in [2.75, 3.05) is 31.2 Å². The van der Waals surface area contributed by atoms with E-state index in [-0.39, 0.29) is 0 Å². The lowest BCUT2D eigenvalue weighted by Gasteiger charge is -2.28. The van der Waals surface area contributed by atoms with Gasteiger partial charge in [0.05, 0.1) is 13.2 Å². The topological polar surface area (TPSA) is 51.4 Å². The summed E-state index contributed by atoms with van der Waals surface area (Å²) in [6, 6.07) is 16.3. The Labute approximate surface area is 140 Å². The van der Waals surface area contributed by atoms with Gasteiger partial charge >= 0.3 is 0 Å². The molecule has 0 saturated carbocycles. The highest BCUT2D eigenvalue weighted by atomic mass is 16.5. The lowest BCUT2D eigenvalue weighted by Crippen LogP contribution is -2.36. The van der Waals surface area contributed by atoms with Crippen molar-refractivity contribution < 1.29 is 9.26 Å². The monoisotopic (exact) mass is 321 g/mol. The predicted octanol–water partition coefficient (Wildman–Crippen LogP) is 3.55. The Morgan fingerprint density at radius 2 is 1.54 bits per heavy atom. The number of aromatic nitrogens is 2. The number of anilines is 1. The second kappa shape index (κ2) is 6.45. The van der Waals surface area contributed by atoms with Gasteiger partial charge in [0.1, 0.15) is 0 Å². The van der Waals surface area contributed by atoms with E-state index >= 15 is 0 Å². The fourth-order valence-corrected chi connectivity index (χ4v) is 2.80. The Kier molecular flexibility index (Phi) is 4.01. The van der Waals surface area contributed by atoms with Crippen molar-refractivity contribution in [2.24, 2.45) is 0 Å². The van der Waals surface area contributed by atoms with Crippen molar-refractivity contribution in [3.8, 4) is 22.8 Å². The zero-order valence-corrected chi connectivity index (χ0v) is 13.6. The molecule has 2 heterocycles. The van der Waals surface area contributed by atoms with Crippen molar-refractivity contribution in [1.82, 2.24) is 10.1 Å². The predicted molar refractivity (Wildman–Crippen MR) is 92.9 cm³/mol. The highest BCUT2D eigenvalue weighted by molar-refractivity contribution is 5.63. The number of nitrogens with zero attached hydrogens (tertiary/aromatic N) is 3. The van der Waals surface area contributed by atoms with Crippen LogP contribution >= 0.6 is 0 Å². The summed E-state index contributed by atoms with van der Waals surface area (Å²) in [5.41, 5.74) is 4.29. The number of rotatable bonds is 3. The molecule has 0 N–H and O–H groups in total. The van der Waals surface area contributed by atoms with Gasteiger partial charge in [-0.15, -0.1) is 0 Å². The first kappa shape index (κ1) is 14.9. The summed E-state index contributed by atoms with van der Waals surface area (Å²) in [6.45, 7) is 5.48. The van der Waals surface area contributed by atoms with E-state index in [0.717, 1.165) is 37.4 Å². The van der Waals surface area contributed by atoms with E-state index in [1.807, 2.05) is 36.4 Å². The molecule has 1 aliphatic rings. The van der Waals surface area contributed by atoms with Crippen LogP contribution in [0, 0.1) is 6.92 Å². The molecule has 0 aliphatic carbocycles. The van der Waals surface area contributed by atoms with Crippen LogP contribution in [0.4, 0.5) is 5.69 Å². The van der Waals surface area contributed by atoms with Gasteiger partial charge in [0, 0.05) is 29.9 Å². The van der Waals surface area contributed by atoms with Gasteiger partial charge in [0.15, 0.2) is 0 Å². The molecule has 1 aliphatic heterocycles. The number of aryl methyl sites for hydroxylation is 1. The van der Waals surface area contributed by atoms with Crippen LogP contribution in [-0.2, 0) is 4.74 Å². The van der Waals surface area contributed by atoms with Gasteiger partial charge in [-0.25, -0.2) is 0 Å². The summed E-state index contributed by atoms with van der Waals surface area (Å²) in [5, 5.41) is 4.11. The lowest BCUT2D eigenvalue weighted by atomic mass is 10.1. The molecule has 0 atom stereocenters. The summed E-state index contributed by atoms with van der Waals surface area (Å²) in [7, 11) is 0. The summed E-state index contributed by atoms with van der Waals surface area (Å²) in [4.78, 5) is 6.83. The molecule has 3 aromatic rings. The van der Waals surface area contributed by atoms with E-state index in [0.29, 0.717) is 11.7 Å². The highest BCUT2D eigenvalue weighted by Crippen LogP contribution is 2.25. The first-order chi connectivity index (χ1) is 11.8. The molecule has 24 heavy (non-hydrogen) atoms. The molecule has 1 fully saturated rings. The molecule has 4 rings (SSSR count). The van der Waals surface area contributed by atoms with Crippen molar-refractivity contribution in [3.63, 3.8) is 0 Å². The molecule has 1 saturated heterocycles. The molecule has 0 unspecified atom stereocenters. The maximum absolute atomic E-state index is 5.40. The average molecular weight is 321 g/mol. The van der Waals surface area contributed by atoms with Crippen LogP contribution in [0.2, 0.25) is 0 Å². The molecule has 0 radical (unpaired) electrons. The molecule has 0 bridgehead atoms. The van der Waals surface area contributed by atoms with Crippen LogP contribution in [0.3, 0.4) is 0 Å². The molecular formula is C19H19N3O2. The van der Waals surface area contributed by atoms with Gasteiger partial charge in [-0.3, -0.25) is 0 Å². The van der Waals surface area contributed by atoms with E-state index in [2.05, 4.69) is 34.1 Å². The Bertz CT molecular complexity index is 803. The maximum atomic E-state index is 5.40. The van der Waals surface area contributed by atoms with Gasteiger partial charge in [-0.05, 0) is 43.3 Å². The zero-order chi connectivity index (χ0) is 16.4. The molecule has 5 heteroatoms. The van der Waals surface area contributed by atoms with Crippen LogP contribution in [0.15, 0.2) is 53.1 Å². The smallest absolute Gasteiger partial charge is 0.258 e. The second-order valence-corrected chi connectivity index (χ2v) is 5.94. The van der Waals surface area contributed by atoms with E-state index in [1.165, 1.54) is 11.3 Å². The molecule has 0 amide bonds. The Hall–Kier alpha value is -2.66. The van der Waals surface area contributed by atoms with Crippen molar-refractivity contribution in [1.29, 1.82) is 0 Å². The first-order valence-electron chi connectivity index (χ1n) is 8.13. The number of hydrogen-bond donors (Lipinski definition) is 0. The van der Waals surface area contributed by atoms with E-state index in [1.54, 1.807) is 0 Å². The minimum Gasteiger partial charge on any atom is -0.378 e. The number of ether oxygens (including phenoxy) is 1. The van der Waals surface area contributed by atoms with Crippen molar-refractivity contribution in [3.05, 3.63) is 54.1 Å². The number of hydrogen-bond acceptors (Lipinski definition) is 5. The third-order valence-electron chi connectivity index (χ3n) is 4.23. The molecule has 0 spiro atoms. The van der Waals surface area contributed by atoms with E-state index in [9.17, 15) is 0 Å². The Morgan fingerprint density at radius 1 is 0.875 bits per heavy atom. The van der Waals surface area contributed by atoms with Crippen LogP contribution in [0.1, 0.15) is 5.56 Å². The van der Waals surface area contributed by atoms with Crippen LogP contribution < -0.4 is 4.90 Å². The molecule has 1 aromatic heterocycles. The largest absolute Gasteiger partial charge is 0.378 e. The van der Waals surface area contributed by atoms with E-state index in [4.69, 9.17) is 9.26 Å². The minimum absolute atomic E-state index is 0.544. The van der Waals surface area contributed by atoms with Crippen LogP contribution in [0.25, 0.3) is 22.8 Å². The summed E-state index contributed by atoms with van der Waals surface area (Å²) < 4.78 is 10.8. The quantitative estimate of drug-likeness (QED) is 0.738. The SMILES string of the molecule is Cc1ccc(-c2nc(-c3ccc(N4CCOCC4)cc3)no2)cc1. The van der Waals surface area contributed by atoms with Gasteiger partial charge in [0.25, 0.3) is 5.89 Å². The number of benzene rings is 2. The standard InChI is InChI=1S/C19H19N3O2/c1-14-2-4-16(5-3-14)19-20-18(21-24-19)15-6-8-17(9-7-15)22-10-12-23-13-11-22/h2-9H,10-13H2,1H3. The highest BCUT2D eigenvalue weighted by Gasteiger charge is 2.13. The fourth-order valence-electron chi connectivity index (χ4n) is 2.80. The summed E-state index contributed by atoms with van der Waals surface area (Å²) in [6.07, 6.45) is 0.